The smallest absolute Gasteiger partial charge is 0.220 e. The molecule has 1 saturated carbocycles. The van der Waals surface area contributed by atoms with Crippen LogP contribution >= 0.6 is 0 Å². The lowest BCUT2D eigenvalue weighted by atomic mass is 9.79. The van der Waals surface area contributed by atoms with Gasteiger partial charge in [-0.3, -0.25) is 9.69 Å². The minimum Gasteiger partial charge on any atom is -0.379 e. The second-order valence-corrected chi connectivity index (χ2v) is 7.40. The van der Waals surface area contributed by atoms with Crippen LogP contribution < -0.4 is 5.32 Å². The number of benzene rings is 1. The molecule has 0 bridgehead atoms. The first kappa shape index (κ1) is 19.2. The molecule has 3 rings (SSSR count). The maximum atomic E-state index is 13.7. The monoisotopic (exact) mass is 366 g/mol. The van der Waals surface area contributed by atoms with Gasteiger partial charge in [0.15, 0.2) is 0 Å². The first-order chi connectivity index (χ1) is 12.6. The average molecular weight is 366 g/mol. The van der Waals surface area contributed by atoms with Crippen molar-refractivity contribution in [2.24, 2.45) is 0 Å². The van der Waals surface area contributed by atoms with Gasteiger partial charge in [0.25, 0.3) is 0 Å². The average Bonchev–Trinajstić information content (AvgIpc) is 2.68. The van der Waals surface area contributed by atoms with Crippen molar-refractivity contribution in [2.45, 2.75) is 50.5 Å². The molecule has 2 aliphatic rings. The molecule has 1 aliphatic heterocycles. The van der Waals surface area contributed by atoms with Crippen LogP contribution in [0, 0.1) is 11.6 Å². The minimum atomic E-state index is -0.477. The summed E-state index contributed by atoms with van der Waals surface area (Å²) in [5.41, 5.74) is 0.266. The van der Waals surface area contributed by atoms with E-state index in [1.165, 1.54) is 25.3 Å². The fraction of sp³-hybridized carbons (Fsp3) is 0.650. The van der Waals surface area contributed by atoms with E-state index < -0.39 is 11.6 Å². The minimum absolute atomic E-state index is 0.0157. The highest BCUT2D eigenvalue weighted by Gasteiger charge is 2.38. The first-order valence-corrected chi connectivity index (χ1v) is 9.62. The molecule has 1 amide bonds. The Bertz CT molecular complexity index is 612. The number of aryl methyl sites for hydroxylation is 1. The van der Waals surface area contributed by atoms with Crippen LogP contribution in [0.15, 0.2) is 18.2 Å². The highest BCUT2D eigenvalue weighted by molar-refractivity contribution is 5.76. The summed E-state index contributed by atoms with van der Waals surface area (Å²) in [7, 11) is 0. The van der Waals surface area contributed by atoms with Gasteiger partial charge in [0.2, 0.25) is 5.91 Å². The summed E-state index contributed by atoms with van der Waals surface area (Å²) in [6, 6.07) is 3.37. The zero-order chi connectivity index (χ0) is 18.4. The molecule has 26 heavy (non-hydrogen) atoms. The highest BCUT2D eigenvalue weighted by Crippen LogP contribution is 2.33. The van der Waals surface area contributed by atoms with Crippen LogP contribution in [0.1, 0.15) is 44.1 Å². The zero-order valence-corrected chi connectivity index (χ0v) is 15.2. The van der Waals surface area contributed by atoms with Gasteiger partial charge in [0.05, 0.1) is 13.2 Å². The number of hydrogen-bond donors (Lipinski definition) is 1. The van der Waals surface area contributed by atoms with E-state index in [2.05, 4.69) is 10.2 Å². The molecule has 4 nitrogen and oxygen atoms in total. The van der Waals surface area contributed by atoms with Crippen LogP contribution in [-0.2, 0) is 16.0 Å². The van der Waals surface area contributed by atoms with Crippen molar-refractivity contribution in [3.05, 3.63) is 35.4 Å². The van der Waals surface area contributed by atoms with Crippen LogP contribution in [0.25, 0.3) is 0 Å². The number of carbonyl (C=O) groups is 1. The number of amides is 1. The lowest BCUT2D eigenvalue weighted by Crippen LogP contribution is -2.59. The van der Waals surface area contributed by atoms with Gasteiger partial charge in [-0.05, 0) is 43.0 Å². The SMILES string of the molecule is O=C(CCc1cc(F)ccc1F)NCC1(N2CCOCC2)CCCCC1. The normalized spacial score (nSPS) is 20.7. The summed E-state index contributed by atoms with van der Waals surface area (Å²) in [6.07, 6.45) is 6.17. The van der Waals surface area contributed by atoms with Gasteiger partial charge in [-0.15, -0.1) is 0 Å². The van der Waals surface area contributed by atoms with E-state index in [4.69, 9.17) is 4.74 Å². The Morgan fingerprint density at radius 2 is 1.88 bits per heavy atom. The third-order valence-corrected chi connectivity index (χ3v) is 5.71. The molecule has 1 heterocycles. The quantitative estimate of drug-likeness (QED) is 0.841. The number of nitrogens with one attached hydrogen (secondary N) is 1. The summed E-state index contributed by atoms with van der Waals surface area (Å²) in [5, 5.41) is 3.06. The van der Waals surface area contributed by atoms with Crippen molar-refractivity contribution in [3.63, 3.8) is 0 Å². The van der Waals surface area contributed by atoms with Gasteiger partial charge in [-0.1, -0.05) is 19.3 Å². The van der Waals surface area contributed by atoms with Crippen LogP contribution in [0.5, 0.6) is 0 Å². The van der Waals surface area contributed by atoms with Gasteiger partial charge < -0.3 is 10.1 Å². The van der Waals surface area contributed by atoms with Gasteiger partial charge in [-0.25, -0.2) is 8.78 Å². The van der Waals surface area contributed by atoms with Crippen molar-refractivity contribution < 1.29 is 18.3 Å². The number of hydrogen-bond acceptors (Lipinski definition) is 3. The third kappa shape index (κ3) is 4.80. The number of halogens is 2. The Hall–Kier alpha value is -1.53. The lowest BCUT2D eigenvalue weighted by Gasteiger charge is -2.48. The molecule has 2 fully saturated rings. The van der Waals surface area contributed by atoms with Crippen LogP contribution in [0.3, 0.4) is 0 Å². The van der Waals surface area contributed by atoms with Gasteiger partial charge in [0, 0.05) is 31.6 Å². The predicted octanol–water partition coefficient (Wildman–Crippen LogP) is 3.05. The molecule has 144 valence electrons. The fourth-order valence-corrected chi connectivity index (χ4v) is 4.19. The largest absolute Gasteiger partial charge is 0.379 e. The van der Waals surface area contributed by atoms with Crippen LogP contribution in [0.4, 0.5) is 8.78 Å². The Balaban J connectivity index is 1.54. The van der Waals surface area contributed by atoms with Crippen LogP contribution in [-0.4, -0.2) is 49.2 Å². The van der Waals surface area contributed by atoms with Crippen molar-refractivity contribution in [2.75, 3.05) is 32.8 Å². The molecule has 6 heteroatoms. The number of morpholine rings is 1. The molecule has 0 atom stereocenters. The van der Waals surface area contributed by atoms with E-state index in [-0.39, 0.29) is 29.9 Å². The Kier molecular flexibility index (Phi) is 6.59. The van der Waals surface area contributed by atoms with E-state index in [1.54, 1.807) is 0 Å². The van der Waals surface area contributed by atoms with Crippen molar-refractivity contribution in [1.29, 1.82) is 0 Å². The topological polar surface area (TPSA) is 41.6 Å². The molecule has 1 saturated heterocycles. The standard InChI is InChI=1S/C20H28F2N2O2/c21-17-5-6-18(22)16(14-17)4-7-19(25)23-15-20(8-2-1-3-9-20)24-10-12-26-13-11-24/h5-6,14H,1-4,7-13,15H2,(H,23,25). The van der Waals surface area contributed by atoms with Crippen molar-refractivity contribution in [1.82, 2.24) is 10.2 Å². The number of carbonyl (C=O) groups excluding carboxylic acids is 1. The van der Waals surface area contributed by atoms with E-state index in [0.717, 1.165) is 51.3 Å². The molecule has 1 aromatic carbocycles. The summed E-state index contributed by atoms with van der Waals surface area (Å²) in [5.74, 6) is -1.04. The molecule has 1 aromatic rings. The third-order valence-electron chi connectivity index (χ3n) is 5.71. The fourth-order valence-electron chi connectivity index (χ4n) is 4.19. The van der Waals surface area contributed by atoms with Crippen molar-refractivity contribution >= 4 is 5.91 Å². The molecule has 0 unspecified atom stereocenters. The van der Waals surface area contributed by atoms with Gasteiger partial charge >= 0.3 is 0 Å². The second kappa shape index (κ2) is 8.91. The Morgan fingerprint density at radius 3 is 2.62 bits per heavy atom. The van der Waals surface area contributed by atoms with E-state index >= 15 is 0 Å². The second-order valence-electron chi connectivity index (χ2n) is 7.40. The summed E-state index contributed by atoms with van der Waals surface area (Å²) in [6.45, 7) is 3.93. The molecule has 1 N–H and O–H groups in total. The number of ether oxygens (including phenoxy) is 1. The Labute approximate surface area is 153 Å². The molecule has 1 aliphatic carbocycles. The number of rotatable bonds is 6. The lowest BCUT2D eigenvalue weighted by molar-refractivity contribution is -0.122. The van der Waals surface area contributed by atoms with E-state index in [0.29, 0.717) is 6.54 Å². The van der Waals surface area contributed by atoms with Gasteiger partial charge in [-0.2, -0.15) is 0 Å². The maximum absolute atomic E-state index is 13.7. The molecule has 0 spiro atoms. The highest BCUT2D eigenvalue weighted by atomic mass is 19.1. The van der Waals surface area contributed by atoms with E-state index in [9.17, 15) is 13.6 Å². The molecule has 0 radical (unpaired) electrons. The zero-order valence-electron chi connectivity index (χ0n) is 15.2. The maximum Gasteiger partial charge on any atom is 0.220 e. The summed E-state index contributed by atoms with van der Waals surface area (Å²) < 4.78 is 32.4. The summed E-state index contributed by atoms with van der Waals surface area (Å²) >= 11 is 0. The summed E-state index contributed by atoms with van der Waals surface area (Å²) in [4.78, 5) is 14.8. The number of nitrogens with zero attached hydrogens (tertiary/aromatic N) is 1. The van der Waals surface area contributed by atoms with E-state index in [1.807, 2.05) is 0 Å². The van der Waals surface area contributed by atoms with Crippen LogP contribution in [0.2, 0.25) is 0 Å². The molecular weight excluding hydrogens is 338 g/mol. The first-order valence-electron chi connectivity index (χ1n) is 9.62. The van der Waals surface area contributed by atoms with Gasteiger partial charge in [0.1, 0.15) is 11.6 Å². The van der Waals surface area contributed by atoms with Crippen molar-refractivity contribution in [3.8, 4) is 0 Å². The Morgan fingerprint density at radius 1 is 1.15 bits per heavy atom. The molecular formula is C20H28F2N2O2. The molecule has 0 aromatic heterocycles. The predicted molar refractivity (Wildman–Crippen MR) is 95.9 cm³/mol.